The highest BCUT2D eigenvalue weighted by molar-refractivity contribution is 5.15. The van der Waals surface area contributed by atoms with Gasteiger partial charge in [0.05, 0.1) is 0 Å². The van der Waals surface area contributed by atoms with E-state index in [0.29, 0.717) is 12.6 Å². The molecule has 1 unspecified atom stereocenters. The Hall–Kier alpha value is -1.12. The number of benzene rings is 1. The Kier molecular flexibility index (Phi) is 6.54. The minimum atomic E-state index is 0.382. The van der Waals surface area contributed by atoms with Gasteiger partial charge in [-0.3, -0.25) is 0 Å². The van der Waals surface area contributed by atoms with Crippen molar-refractivity contribution in [2.24, 2.45) is 5.73 Å². The van der Waals surface area contributed by atoms with Gasteiger partial charge in [-0.05, 0) is 31.9 Å². The summed E-state index contributed by atoms with van der Waals surface area (Å²) in [6.07, 6.45) is 6.33. The van der Waals surface area contributed by atoms with Crippen LogP contribution >= 0.6 is 0 Å². The Balaban J connectivity index is 2.32. The average molecular weight is 218 g/mol. The Morgan fingerprint density at radius 3 is 2.69 bits per heavy atom. The lowest BCUT2D eigenvalue weighted by Crippen LogP contribution is -2.38. The summed E-state index contributed by atoms with van der Waals surface area (Å²) in [5.74, 6) is 0. The molecule has 0 heterocycles. The Bertz CT molecular complexity index is 293. The summed E-state index contributed by atoms with van der Waals surface area (Å²) in [6.45, 7) is 3.73. The lowest BCUT2D eigenvalue weighted by Gasteiger charge is -2.16. The first kappa shape index (κ1) is 12.9. The monoisotopic (exact) mass is 218 g/mol. The minimum absolute atomic E-state index is 0.382. The first-order valence-corrected chi connectivity index (χ1v) is 5.95. The van der Waals surface area contributed by atoms with E-state index in [1.54, 1.807) is 0 Å². The third-order valence-electron chi connectivity index (χ3n) is 2.59. The molecule has 0 amide bonds. The molecule has 0 saturated carbocycles. The van der Waals surface area contributed by atoms with Crippen LogP contribution in [0.5, 0.6) is 0 Å². The Morgan fingerprint density at radius 1 is 1.31 bits per heavy atom. The molecule has 0 radical (unpaired) electrons. The smallest absolute Gasteiger partial charge is 0.0230 e. The third kappa shape index (κ3) is 5.10. The molecule has 2 nitrogen and oxygen atoms in total. The second kappa shape index (κ2) is 8.08. The molecule has 0 aliphatic carbocycles. The molecule has 0 aliphatic rings. The lowest BCUT2D eigenvalue weighted by molar-refractivity contribution is 0.522. The predicted octanol–water partition coefficient (Wildman–Crippen LogP) is 2.11. The van der Waals surface area contributed by atoms with E-state index in [-0.39, 0.29) is 0 Å². The summed E-state index contributed by atoms with van der Waals surface area (Å²) in [5.41, 5.74) is 7.10. The van der Waals surface area contributed by atoms with Crippen molar-refractivity contribution in [2.45, 2.75) is 25.8 Å². The summed E-state index contributed by atoms with van der Waals surface area (Å²) in [6, 6.07) is 10.9. The van der Waals surface area contributed by atoms with Gasteiger partial charge in [0.1, 0.15) is 0 Å². The largest absolute Gasteiger partial charge is 0.329 e. The number of allylic oxidation sites excluding steroid dienone is 1. The lowest BCUT2D eigenvalue weighted by atomic mass is 10.1. The van der Waals surface area contributed by atoms with Gasteiger partial charge in [-0.2, -0.15) is 0 Å². The minimum Gasteiger partial charge on any atom is -0.329 e. The topological polar surface area (TPSA) is 38.0 Å². The van der Waals surface area contributed by atoms with Crippen LogP contribution in [0.4, 0.5) is 0 Å². The molecule has 1 rings (SSSR count). The molecule has 1 atom stereocenters. The van der Waals surface area contributed by atoms with Crippen LogP contribution in [0.3, 0.4) is 0 Å². The highest BCUT2D eigenvalue weighted by atomic mass is 14.9. The van der Waals surface area contributed by atoms with Gasteiger partial charge in [0.2, 0.25) is 0 Å². The Morgan fingerprint density at radius 2 is 2.06 bits per heavy atom. The van der Waals surface area contributed by atoms with E-state index >= 15 is 0 Å². The fourth-order valence-corrected chi connectivity index (χ4v) is 1.67. The summed E-state index contributed by atoms with van der Waals surface area (Å²) >= 11 is 0. The van der Waals surface area contributed by atoms with Gasteiger partial charge in [0.15, 0.2) is 0 Å². The van der Waals surface area contributed by atoms with Crippen LogP contribution in [0.1, 0.15) is 18.9 Å². The summed E-state index contributed by atoms with van der Waals surface area (Å²) < 4.78 is 0. The maximum absolute atomic E-state index is 5.75. The van der Waals surface area contributed by atoms with Gasteiger partial charge in [-0.1, -0.05) is 42.5 Å². The highest BCUT2D eigenvalue weighted by Crippen LogP contribution is 2.02. The standard InChI is InChI=1S/C14H22N2/c1-2-3-7-10-16-14(12-15)11-13-8-5-4-6-9-13/h2-6,8-9,14,16H,7,10-12,15H2,1H3/b3-2+. The number of hydrogen-bond acceptors (Lipinski definition) is 2. The first-order chi connectivity index (χ1) is 7.86. The molecule has 3 N–H and O–H groups in total. The van der Waals surface area contributed by atoms with Gasteiger partial charge in [0, 0.05) is 12.6 Å². The second-order valence-electron chi connectivity index (χ2n) is 3.93. The van der Waals surface area contributed by atoms with Gasteiger partial charge in [-0.15, -0.1) is 0 Å². The molecular formula is C14H22N2. The molecular weight excluding hydrogens is 196 g/mol. The number of hydrogen-bond donors (Lipinski definition) is 2. The van der Waals surface area contributed by atoms with Crippen molar-refractivity contribution in [1.82, 2.24) is 5.32 Å². The SMILES string of the molecule is C/C=C/CCNC(CN)Cc1ccccc1. The van der Waals surface area contributed by atoms with Crippen LogP contribution < -0.4 is 11.1 Å². The molecule has 16 heavy (non-hydrogen) atoms. The first-order valence-electron chi connectivity index (χ1n) is 5.95. The molecule has 2 heteroatoms. The summed E-state index contributed by atoms with van der Waals surface area (Å²) in [7, 11) is 0. The zero-order chi connectivity index (χ0) is 11.6. The van der Waals surface area contributed by atoms with Gasteiger partial charge >= 0.3 is 0 Å². The van der Waals surface area contributed by atoms with Gasteiger partial charge < -0.3 is 11.1 Å². The Labute approximate surface area is 98.6 Å². The van der Waals surface area contributed by atoms with Crippen LogP contribution in [0.15, 0.2) is 42.5 Å². The molecule has 0 fully saturated rings. The third-order valence-corrected chi connectivity index (χ3v) is 2.59. The summed E-state index contributed by atoms with van der Waals surface area (Å²) in [4.78, 5) is 0. The van der Waals surface area contributed by atoms with E-state index in [0.717, 1.165) is 19.4 Å². The average Bonchev–Trinajstić information content (AvgIpc) is 2.34. The van der Waals surface area contributed by atoms with Crippen molar-refractivity contribution in [3.8, 4) is 0 Å². The van der Waals surface area contributed by atoms with E-state index in [1.807, 2.05) is 13.0 Å². The maximum Gasteiger partial charge on any atom is 0.0230 e. The normalized spacial score (nSPS) is 13.1. The molecule has 1 aromatic carbocycles. The molecule has 0 aliphatic heterocycles. The molecule has 0 saturated heterocycles. The fourth-order valence-electron chi connectivity index (χ4n) is 1.67. The van der Waals surface area contributed by atoms with E-state index in [4.69, 9.17) is 5.73 Å². The van der Waals surface area contributed by atoms with E-state index in [1.165, 1.54) is 5.56 Å². The zero-order valence-electron chi connectivity index (χ0n) is 10.0. The van der Waals surface area contributed by atoms with Crippen molar-refractivity contribution in [3.63, 3.8) is 0 Å². The van der Waals surface area contributed by atoms with Crippen molar-refractivity contribution in [2.75, 3.05) is 13.1 Å². The zero-order valence-corrected chi connectivity index (χ0v) is 10.0. The van der Waals surface area contributed by atoms with Crippen LogP contribution in [0.25, 0.3) is 0 Å². The van der Waals surface area contributed by atoms with Crippen LogP contribution in [0.2, 0.25) is 0 Å². The van der Waals surface area contributed by atoms with Crippen LogP contribution in [-0.4, -0.2) is 19.1 Å². The number of nitrogens with one attached hydrogen (secondary N) is 1. The summed E-state index contributed by atoms with van der Waals surface area (Å²) in [5, 5.41) is 3.48. The predicted molar refractivity (Wildman–Crippen MR) is 70.4 cm³/mol. The quantitative estimate of drug-likeness (QED) is 0.543. The second-order valence-corrected chi connectivity index (χ2v) is 3.93. The van der Waals surface area contributed by atoms with E-state index in [2.05, 4.69) is 41.7 Å². The van der Waals surface area contributed by atoms with Crippen molar-refractivity contribution in [1.29, 1.82) is 0 Å². The molecule has 0 bridgehead atoms. The van der Waals surface area contributed by atoms with Crippen molar-refractivity contribution >= 4 is 0 Å². The van der Waals surface area contributed by atoms with Crippen LogP contribution in [-0.2, 0) is 6.42 Å². The van der Waals surface area contributed by atoms with Crippen molar-refractivity contribution < 1.29 is 0 Å². The van der Waals surface area contributed by atoms with Gasteiger partial charge in [0.25, 0.3) is 0 Å². The molecule has 0 spiro atoms. The molecule has 88 valence electrons. The van der Waals surface area contributed by atoms with Crippen LogP contribution in [0, 0.1) is 0 Å². The number of rotatable bonds is 7. The molecule has 0 aromatic heterocycles. The van der Waals surface area contributed by atoms with E-state index in [9.17, 15) is 0 Å². The van der Waals surface area contributed by atoms with E-state index < -0.39 is 0 Å². The van der Waals surface area contributed by atoms with Crippen molar-refractivity contribution in [3.05, 3.63) is 48.0 Å². The fraction of sp³-hybridized carbons (Fsp3) is 0.429. The van der Waals surface area contributed by atoms with Gasteiger partial charge in [-0.25, -0.2) is 0 Å². The number of nitrogens with two attached hydrogens (primary N) is 1. The highest BCUT2D eigenvalue weighted by Gasteiger charge is 2.05. The molecule has 1 aromatic rings. The maximum atomic E-state index is 5.75.